The number of urea groups is 1. The van der Waals surface area contributed by atoms with Gasteiger partial charge in [0.15, 0.2) is 0 Å². The van der Waals surface area contributed by atoms with Gasteiger partial charge in [-0.25, -0.2) is 10.2 Å². The number of ether oxygens (including phenoxy) is 1. The number of nitrogens with one attached hydrogen (secondary N) is 2. The molecular weight excluding hydrogens is 290 g/mol. The van der Waals surface area contributed by atoms with Gasteiger partial charge in [0.2, 0.25) is 0 Å². The lowest BCUT2D eigenvalue weighted by Gasteiger charge is -2.10. The third-order valence-corrected chi connectivity index (χ3v) is 3.00. The van der Waals surface area contributed by atoms with Crippen LogP contribution in [0.3, 0.4) is 0 Å². The monoisotopic (exact) mass is 311 g/mol. The van der Waals surface area contributed by atoms with Gasteiger partial charge in [-0.1, -0.05) is 18.2 Å². The van der Waals surface area contributed by atoms with E-state index in [-0.39, 0.29) is 12.1 Å². The van der Waals surface area contributed by atoms with Crippen molar-refractivity contribution in [1.29, 1.82) is 0 Å². The van der Waals surface area contributed by atoms with Crippen molar-refractivity contribution in [3.8, 4) is 5.75 Å². The molecule has 0 saturated heterocycles. The molecule has 0 aromatic heterocycles. The number of hydrogen-bond acceptors (Lipinski definition) is 3. The maximum Gasteiger partial charge on any atom is 0.339 e. The van der Waals surface area contributed by atoms with E-state index in [0.717, 1.165) is 11.3 Å². The summed E-state index contributed by atoms with van der Waals surface area (Å²) in [7, 11) is 0. The Kier molecular flexibility index (Phi) is 5.74. The van der Waals surface area contributed by atoms with Crippen LogP contribution in [-0.2, 0) is 0 Å². The van der Waals surface area contributed by atoms with Gasteiger partial charge < -0.3 is 10.1 Å². The molecule has 0 aliphatic rings. The molecule has 0 aliphatic heterocycles. The number of carbonyl (C=O) groups is 1. The highest BCUT2D eigenvalue weighted by Crippen LogP contribution is 2.14. The molecule has 2 N–H and O–H groups in total. The Morgan fingerprint density at radius 3 is 2.30 bits per heavy atom. The van der Waals surface area contributed by atoms with Crippen LogP contribution in [0, 0.1) is 0 Å². The Balaban J connectivity index is 1.92. The minimum absolute atomic E-state index is 0.138. The van der Waals surface area contributed by atoms with Crippen LogP contribution in [0.4, 0.5) is 10.5 Å². The fraction of sp³-hybridized carbons (Fsp3) is 0.222. The number of anilines is 1. The van der Waals surface area contributed by atoms with Crippen molar-refractivity contribution in [2.75, 3.05) is 5.32 Å². The number of carbonyl (C=O) groups excluding carboxylic acids is 1. The number of amides is 2. The lowest BCUT2D eigenvalue weighted by molar-refractivity contribution is 0.242. The predicted octanol–water partition coefficient (Wildman–Crippen LogP) is 4.02. The first-order chi connectivity index (χ1) is 11.0. The average molecular weight is 311 g/mol. The SMILES string of the molecule is C/C(=N/NC(=O)Nc1ccccc1)c1ccc(OC(C)C)cc1. The van der Waals surface area contributed by atoms with Crippen LogP contribution in [0.15, 0.2) is 59.7 Å². The molecule has 0 unspecified atom stereocenters. The van der Waals surface area contributed by atoms with Crippen molar-refractivity contribution in [2.45, 2.75) is 26.9 Å². The van der Waals surface area contributed by atoms with E-state index >= 15 is 0 Å². The topological polar surface area (TPSA) is 62.7 Å². The fourth-order valence-electron chi connectivity index (χ4n) is 1.93. The van der Waals surface area contributed by atoms with Crippen LogP contribution < -0.4 is 15.5 Å². The second-order valence-electron chi connectivity index (χ2n) is 5.32. The third-order valence-electron chi connectivity index (χ3n) is 3.00. The number of hydrazone groups is 1. The van der Waals surface area contributed by atoms with Crippen LogP contribution in [0.5, 0.6) is 5.75 Å². The Morgan fingerprint density at radius 1 is 1.04 bits per heavy atom. The Hall–Kier alpha value is -2.82. The highest BCUT2D eigenvalue weighted by Gasteiger charge is 2.03. The molecule has 0 bridgehead atoms. The highest BCUT2D eigenvalue weighted by atomic mass is 16.5. The summed E-state index contributed by atoms with van der Waals surface area (Å²) in [4.78, 5) is 11.8. The number of benzene rings is 2. The van der Waals surface area contributed by atoms with Gasteiger partial charge >= 0.3 is 6.03 Å². The average Bonchev–Trinajstić information content (AvgIpc) is 2.54. The van der Waals surface area contributed by atoms with Gasteiger partial charge in [-0.15, -0.1) is 0 Å². The zero-order valence-electron chi connectivity index (χ0n) is 13.5. The van der Waals surface area contributed by atoms with Gasteiger partial charge in [0.1, 0.15) is 5.75 Å². The number of hydrogen-bond donors (Lipinski definition) is 2. The Labute approximate surface area is 136 Å². The summed E-state index contributed by atoms with van der Waals surface area (Å²) < 4.78 is 5.59. The largest absolute Gasteiger partial charge is 0.491 e. The molecule has 23 heavy (non-hydrogen) atoms. The van der Waals surface area contributed by atoms with Gasteiger partial charge in [-0.05, 0) is 62.7 Å². The van der Waals surface area contributed by atoms with Gasteiger partial charge in [0.05, 0.1) is 11.8 Å². The second kappa shape index (κ2) is 7.98. The summed E-state index contributed by atoms with van der Waals surface area (Å²) >= 11 is 0. The van der Waals surface area contributed by atoms with Crippen molar-refractivity contribution in [3.05, 3.63) is 60.2 Å². The minimum Gasteiger partial charge on any atom is -0.491 e. The van der Waals surface area contributed by atoms with E-state index in [1.807, 2.05) is 75.4 Å². The van der Waals surface area contributed by atoms with E-state index in [1.54, 1.807) is 0 Å². The van der Waals surface area contributed by atoms with Crippen LogP contribution in [0.2, 0.25) is 0 Å². The zero-order valence-corrected chi connectivity index (χ0v) is 13.5. The van der Waals surface area contributed by atoms with Crippen molar-refractivity contribution in [2.24, 2.45) is 5.10 Å². The molecule has 120 valence electrons. The summed E-state index contributed by atoms with van der Waals surface area (Å²) in [5.41, 5.74) is 4.83. The maximum atomic E-state index is 11.8. The zero-order chi connectivity index (χ0) is 16.7. The third kappa shape index (κ3) is 5.47. The molecule has 0 aliphatic carbocycles. The molecule has 2 aromatic carbocycles. The molecule has 2 rings (SSSR count). The summed E-state index contributed by atoms with van der Waals surface area (Å²) in [5.74, 6) is 0.811. The minimum atomic E-state index is -0.379. The molecule has 0 spiro atoms. The van der Waals surface area contributed by atoms with Gasteiger partial charge in [0.25, 0.3) is 0 Å². The lowest BCUT2D eigenvalue weighted by Crippen LogP contribution is -2.25. The van der Waals surface area contributed by atoms with Crippen LogP contribution in [0.25, 0.3) is 0 Å². The normalized spacial score (nSPS) is 11.2. The molecule has 0 fully saturated rings. The van der Waals surface area contributed by atoms with Gasteiger partial charge in [-0.2, -0.15) is 5.10 Å². The fourth-order valence-corrected chi connectivity index (χ4v) is 1.93. The molecular formula is C18H21N3O2. The summed E-state index contributed by atoms with van der Waals surface area (Å²) in [6.07, 6.45) is 0.138. The Bertz CT molecular complexity index is 664. The van der Waals surface area contributed by atoms with Crippen LogP contribution in [0.1, 0.15) is 26.3 Å². The second-order valence-corrected chi connectivity index (χ2v) is 5.32. The van der Waals surface area contributed by atoms with E-state index in [2.05, 4.69) is 15.8 Å². The van der Waals surface area contributed by atoms with Crippen molar-refractivity contribution in [1.82, 2.24) is 5.43 Å². The van der Waals surface area contributed by atoms with E-state index in [4.69, 9.17) is 4.74 Å². The molecule has 0 saturated carbocycles. The summed E-state index contributed by atoms with van der Waals surface area (Å²) in [5, 5.41) is 6.80. The van der Waals surface area contributed by atoms with E-state index in [0.29, 0.717) is 11.4 Å². The predicted molar refractivity (Wildman–Crippen MR) is 93.0 cm³/mol. The van der Waals surface area contributed by atoms with E-state index in [1.165, 1.54) is 0 Å². The number of rotatable bonds is 5. The smallest absolute Gasteiger partial charge is 0.339 e. The molecule has 0 atom stereocenters. The summed E-state index contributed by atoms with van der Waals surface area (Å²) in [6, 6.07) is 16.4. The van der Waals surface area contributed by atoms with Crippen molar-refractivity contribution in [3.63, 3.8) is 0 Å². The van der Waals surface area contributed by atoms with E-state index in [9.17, 15) is 4.79 Å². The molecule has 0 heterocycles. The first kappa shape index (κ1) is 16.5. The van der Waals surface area contributed by atoms with E-state index < -0.39 is 0 Å². The quantitative estimate of drug-likeness (QED) is 0.647. The first-order valence-electron chi connectivity index (χ1n) is 7.48. The van der Waals surface area contributed by atoms with Crippen molar-refractivity contribution < 1.29 is 9.53 Å². The molecule has 5 nitrogen and oxygen atoms in total. The molecule has 2 aromatic rings. The standard InChI is InChI=1S/C18H21N3O2/c1-13(2)23-17-11-9-15(10-12-17)14(3)20-21-18(22)19-16-7-5-4-6-8-16/h4-13H,1-3H3,(H2,19,21,22)/b20-14-. The molecule has 0 radical (unpaired) electrons. The molecule has 2 amide bonds. The maximum absolute atomic E-state index is 11.8. The first-order valence-corrected chi connectivity index (χ1v) is 7.48. The summed E-state index contributed by atoms with van der Waals surface area (Å²) in [6.45, 7) is 5.80. The van der Waals surface area contributed by atoms with Gasteiger partial charge in [-0.3, -0.25) is 0 Å². The highest BCUT2D eigenvalue weighted by molar-refractivity contribution is 6.00. The van der Waals surface area contributed by atoms with Crippen LogP contribution >= 0.6 is 0 Å². The lowest BCUT2D eigenvalue weighted by atomic mass is 10.1. The van der Waals surface area contributed by atoms with Crippen LogP contribution in [-0.4, -0.2) is 17.8 Å². The number of para-hydroxylation sites is 1. The van der Waals surface area contributed by atoms with Gasteiger partial charge in [0, 0.05) is 5.69 Å². The number of nitrogens with zero attached hydrogens (tertiary/aromatic N) is 1. The molecule has 5 heteroatoms. The van der Waals surface area contributed by atoms with Crippen molar-refractivity contribution >= 4 is 17.4 Å². The Morgan fingerprint density at radius 2 is 1.70 bits per heavy atom.